The molecule has 7 heteroatoms. The molecule has 0 saturated carbocycles. The Hall–Kier alpha value is -3.03. The minimum Gasteiger partial charge on any atom is -0.337 e. The Morgan fingerprint density at radius 1 is 1.00 bits per heavy atom. The van der Waals surface area contributed by atoms with Crippen LogP contribution in [-0.4, -0.2) is 31.3 Å². The topological polar surface area (TPSA) is 79.4 Å². The minimum atomic E-state index is -3.73. The standard InChI is InChI=1S/C21H21N3O3S/c1-24(16-18-9-6-12-22-14-18)21(25)19-10-5-11-20(13-19)28(26,27)23-15-17-7-3-2-4-8-17/h2-14,23H,15-16H2,1H3. The molecule has 0 atom stereocenters. The van der Waals surface area contributed by atoms with Crippen LogP contribution in [0, 0.1) is 0 Å². The van der Waals surface area contributed by atoms with Crippen molar-refractivity contribution in [1.82, 2.24) is 14.6 Å². The number of nitrogens with zero attached hydrogens (tertiary/aromatic N) is 2. The van der Waals surface area contributed by atoms with Gasteiger partial charge in [0.2, 0.25) is 10.0 Å². The summed E-state index contributed by atoms with van der Waals surface area (Å²) < 4.78 is 27.8. The van der Waals surface area contributed by atoms with E-state index in [9.17, 15) is 13.2 Å². The third-order valence-electron chi connectivity index (χ3n) is 4.19. The van der Waals surface area contributed by atoms with Gasteiger partial charge in [0.15, 0.2) is 0 Å². The lowest BCUT2D eigenvalue weighted by Crippen LogP contribution is -2.27. The molecule has 0 aliphatic rings. The number of hydrogen-bond donors (Lipinski definition) is 1. The zero-order valence-corrected chi connectivity index (χ0v) is 16.3. The van der Waals surface area contributed by atoms with Gasteiger partial charge < -0.3 is 4.90 Å². The van der Waals surface area contributed by atoms with Crippen molar-refractivity contribution >= 4 is 15.9 Å². The molecule has 144 valence electrons. The van der Waals surface area contributed by atoms with Crippen LogP contribution in [0.3, 0.4) is 0 Å². The van der Waals surface area contributed by atoms with Crippen molar-refractivity contribution in [3.8, 4) is 0 Å². The van der Waals surface area contributed by atoms with E-state index in [0.717, 1.165) is 11.1 Å². The van der Waals surface area contributed by atoms with Crippen LogP contribution < -0.4 is 4.72 Å². The number of carbonyl (C=O) groups is 1. The van der Waals surface area contributed by atoms with E-state index in [1.54, 1.807) is 37.6 Å². The smallest absolute Gasteiger partial charge is 0.253 e. The van der Waals surface area contributed by atoms with E-state index in [1.807, 2.05) is 36.4 Å². The van der Waals surface area contributed by atoms with Crippen molar-refractivity contribution < 1.29 is 13.2 Å². The van der Waals surface area contributed by atoms with Gasteiger partial charge in [-0.15, -0.1) is 0 Å². The minimum absolute atomic E-state index is 0.0593. The second-order valence-corrected chi connectivity index (χ2v) is 8.13. The first-order chi connectivity index (χ1) is 13.5. The van der Waals surface area contributed by atoms with Gasteiger partial charge in [0, 0.05) is 38.1 Å². The quantitative estimate of drug-likeness (QED) is 0.667. The van der Waals surface area contributed by atoms with Crippen molar-refractivity contribution in [3.05, 3.63) is 95.8 Å². The van der Waals surface area contributed by atoms with Crippen molar-refractivity contribution in [1.29, 1.82) is 0 Å². The number of sulfonamides is 1. The van der Waals surface area contributed by atoms with E-state index in [4.69, 9.17) is 0 Å². The number of rotatable bonds is 7. The molecule has 28 heavy (non-hydrogen) atoms. The fraction of sp³-hybridized carbons (Fsp3) is 0.143. The van der Waals surface area contributed by atoms with Crippen LogP contribution >= 0.6 is 0 Å². The number of nitrogens with one attached hydrogen (secondary N) is 1. The molecule has 0 aliphatic carbocycles. The number of carbonyl (C=O) groups excluding carboxylic acids is 1. The summed E-state index contributed by atoms with van der Waals surface area (Å²) in [6.07, 6.45) is 3.36. The van der Waals surface area contributed by atoms with Crippen molar-refractivity contribution in [3.63, 3.8) is 0 Å². The highest BCUT2D eigenvalue weighted by Crippen LogP contribution is 2.15. The first-order valence-corrected chi connectivity index (χ1v) is 10.2. The van der Waals surface area contributed by atoms with Gasteiger partial charge >= 0.3 is 0 Å². The summed E-state index contributed by atoms with van der Waals surface area (Å²) in [7, 11) is -2.06. The average molecular weight is 395 g/mol. The Balaban J connectivity index is 1.72. The molecule has 0 spiro atoms. The average Bonchev–Trinajstić information content (AvgIpc) is 2.73. The summed E-state index contributed by atoms with van der Waals surface area (Å²) >= 11 is 0. The molecule has 2 aromatic carbocycles. The summed E-state index contributed by atoms with van der Waals surface area (Å²) in [5, 5.41) is 0. The number of pyridine rings is 1. The molecule has 0 radical (unpaired) electrons. The van der Waals surface area contributed by atoms with Crippen LogP contribution in [0.25, 0.3) is 0 Å². The molecule has 3 aromatic rings. The zero-order valence-electron chi connectivity index (χ0n) is 15.4. The van der Waals surface area contributed by atoms with E-state index in [1.165, 1.54) is 17.0 Å². The third-order valence-corrected chi connectivity index (χ3v) is 5.59. The highest BCUT2D eigenvalue weighted by atomic mass is 32.2. The fourth-order valence-corrected chi connectivity index (χ4v) is 3.77. The Morgan fingerprint density at radius 3 is 2.46 bits per heavy atom. The summed E-state index contributed by atoms with van der Waals surface area (Å²) in [5.74, 6) is -0.260. The van der Waals surface area contributed by atoms with E-state index in [2.05, 4.69) is 9.71 Å². The Labute approximate surface area is 164 Å². The Kier molecular flexibility index (Phi) is 6.18. The monoisotopic (exact) mass is 395 g/mol. The molecule has 0 aliphatic heterocycles. The molecule has 1 amide bonds. The van der Waals surface area contributed by atoms with Crippen LogP contribution in [0.1, 0.15) is 21.5 Å². The van der Waals surface area contributed by atoms with Crippen LogP contribution in [0.5, 0.6) is 0 Å². The lowest BCUT2D eigenvalue weighted by Gasteiger charge is -2.17. The van der Waals surface area contributed by atoms with E-state index >= 15 is 0 Å². The van der Waals surface area contributed by atoms with Crippen molar-refractivity contribution in [2.45, 2.75) is 18.0 Å². The third kappa shape index (κ3) is 5.03. The Bertz CT molecular complexity index is 1040. The molecule has 1 N–H and O–H groups in total. The second kappa shape index (κ2) is 8.77. The number of amides is 1. The van der Waals surface area contributed by atoms with Gasteiger partial charge in [-0.1, -0.05) is 42.5 Å². The Morgan fingerprint density at radius 2 is 1.75 bits per heavy atom. The maximum Gasteiger partial charge on any atom is 0.253 e. The molecular weight excluding hydrogens is 374 g/mol. The summed E-state index contributed by atoms with van der Waals surface area (Å²) in [4.78, 5) is 18.3. The molecule has 1 heterocycles. The number of benzene rings is 2. The van der Waals surface area contributed by atoms with Crippen molar-refractivity contribution in [2.24, 2.45) is 0 Å². The van der Waals surface area contributed by atoms with Gasteiger partial charge in [-0.2, -0.15) is 0 Å². The summed E-state index contributed by atoms with van der Waals surface area (Å²) in [6, 6.07) is 19.0. The van der Waals surface area contributed by atoms with Gasteiger partial charge in [-0.05, 0) is 35.4 Å². The summed E-state index contributed by atoms with van der Waals surface area (Å²) in [5.41, 5.74) is 2.06. The zero-order chi connectivity index (χ0) is 20.0. The molecule has 0 bridgehead atoms. The molecule has 0 saturated heterocycles. The number of aromatic nitrogens is 1. The van der Waals surface area contributed by atoms with Gasteiger partial charge in [-0.25, -0.2) is 13.1 Å². The van der Waals surface area contributed by atoms with Gasteiger partial charge in [0.05, 0.1) is 4.90 Å². The van der Waals surface area contributed by atoms with Crippen LogP contribution in [0.15, 0.2) is 84.0 Å². The maximum atomic E-state index is 12.7. The highest BCUT2D eigenvalue weighted by molar-refractivity contribution is 7.89. The molecule has 0 unspecified atom stereocenters. The van der Waals surface area contributed by atoms with E-state index in [-0.39, 0.29) is 17.3 Å². The van der Waals surface area contributed by atoms with Crippen LogP contribution in [0.4, 0.5) is 0 Å². The first kappa shape index (κ1) is 19.7. The fourth-order valence-electron chi connectivity index (χ4n) is 2.71. The van der Waals surface area contributed by atoms with E-state index in [0.29, 0.717) is 12.1 Å². The maximum absolute atomic E-state index is 12.7. The lowest BCUT2D eigenvalue weighted by molar-refractivity contribution is 0.0784. The second-order valence-electron chi connectivity index (χ2n) is 6.36. The van der Waals surface area contributed by atoms with Gasteiger partial charge in [0.25, 0.3) is 5.91 Å². The summed E-state index contributed by atoms with van der Waals surface area (Å²) in [6.45, 7) is 0.568. The first-order valence-electron chi connectivity index (χ1n) is 8.74. The SMILES string of the molecule is CN(Cc1cccnc1)C(=O)c1cccc(S(=O)(=O)NCc2ccccc2)c1. The van der Waals surface area contributed by atoms with Gasteiger partial charge in [-0.3, -0.25) is 9.78 Å². The largest absolute Gasteiger partial charge is 0.337 e. The molecular formula is C21H21N3O3S. The van der Waals surface area contributed by atoms with E-state index < -0.39 is 10.0 Å². The predicted octanol–water partition coefficient (Wildman–Crippen LogP) is 2.83. The normalized spacial score (nSPS) is 11.2. The van der Waals surface area contributed by atoms with Gasteiger partial charge in [0.1, 0.15) is 0 Å². The van der Waals surface area contributed by atoms with Crippen LogP contribution in [-0.2, 0) is 23.1 Å². The molecule has 3 rings (SSSR count). The van der Waals surface area contributed by atoms with Crippen LogP contribution in [0.2, 0.25) is 0 Å². The highest BCUT2D eigenvalue weighted by Gasteiger charge is 2.18. The molecule has 0 fully saturated rings. The van der Waals surface area contributed by atoms with Crippen molar-refractivity contribution in [2.75, 3.05) is 7.05 Å². The predicted molar refractivity (Wildman–Crippen MR) is 107 cm³/mol. The lowest BCUT2D eigenvalue weighted by atomic mass is 10.2. The molecule has 6 nitrogen and oxygen atoms in total. The molecule has 1 aromatic heterocycles. The number of hydrogen-bond acceptors (Lipinski definition) is 4.